The third-order valence-corrected chi connectivity index (χ3v) is 5.32. The molecule has 0 bridgehead atoms. The zero-order valence-electron chi connectivity index (χ0n) is 14.9. The van der Waals surface area contributed by atoms with Gasteiger partial charge >= 0.3 is 11.6 Å². The lowest BCUT2D eigenvalue weighted by molar-refractivity contribution is 0.0469. The lowest BCUT2D eigenvalue weighted by atomic mass is 10.1. The molecular weight excluding hydrogens is 368 g/mol. The maximum Gasteiger partial charge on any atom is 0.339 e. The highest BCUT2D eigenvalue weighted by Gasteiger charge is 2.19. The van der Waals surface area contributed by atoms with E-state index in [4.69, 9.17) is 9.15 Å². The van der Waals surface area contributed by atoms with Crippen LogP contribution >= 0.6 is 0 Å². The van der Waals surface area contributed by atoms with E-state index in [-0.39, 0.29) is 17.1 Å². The largest absolute Gasteiger partial charge is 0.457 e. The molecule has 0 unspecified atom stereocenters. The summed E-state index contributed by atoms with van der Waals surface area (Å²) in [5.41, 5.74) is 1.35. The van der Waals surface area contributed by atoms with Gasteiger partial charge < -0.3 is 9.15 Å². The first-order chi connectivity index (χ1) is 12.8. The van der Waals surface area contributed by atoms with Gasteiger partial charge in [-0.25, -0.2) is 18.0 Å². The van der Waals surface area contributed by atoms with Gasteiger partial charge in [-0.3, -0.25) is 0 Å². The van der Waals surface area contributed by atoms with Gasteiger partial charge in [0.25, 0.3) is 0 Å². The lowest BCUT2D eigenvalue weighted by Crippen LogP contribution is -2.12. The number of fused-ring (bicyclic) bond motifs is 1. The molecule has 0 radical (unpaired) electrons. The molecule has 27 heavy (non-hydrogen) atoms. The number of sulfone groups is 1. The molecule has 0 fully saturated rings. The minimum atomic E-state index is -3.58. The fourth-order valence-electron chi connectivity index (χ4n) is 2.79. The van der Waals surface area contributed by atoms with Crippen LogP contribution in [0.3, 0.4) is 0 Å². The molecule has 0 saturated heterocycles. The molecule has 1 aromatic heterocycles. The van der Waals surface area contributed by atoms with Crippen LogP contribution in [0, 0.1) is 0 Å². The SMILES string of the molecule is CCc1ccc2c(COC(=O)c3ccccc3S(C)(=O)=O)cc(=O)oc2c1. The highest BCUT2D eigenvalue weighted by Crippen LogP contribution is 2.21. The molecule has 3 aromatic rings. The Morgan fingerprint density at radius 1 is 1.11 bits per heavy atom. The van der Waals surface area contributed by atoms with Gasteiger partial charge in [0.1, 0.15) is 12.2 Å². The van der Waals surface area contributed by atoms with Gasteiger partial charge in [-0.05, 0) is 30.2 Å². The van der Waals surface area contributed by atoms with Crippen molar-refractivity contribution < 1.29 is 22.4 Å². The predicted octanol–water partition coefficient (Wildman–Crippen LogP) is 3.12. The maximum absolute atomic E-state index is 12.4. The van der Waals surface area contributed by atoms with Crippen molar-refractivity contribution in [2.24, 2.45) is 0 Å². The summed E-state index contributed by atoms with van der Waals surface area (Å²) in [5.74, 6) is -0.775. The number of ether oxygens (including phenoxy) is 1. The topological polar surface area (TPSA) is 90.7 Å². The van der Waals surface area contributed by atoms with E-state index in [2.05, 4.69) is 0 Å². The highest BCUT2D eigenvalue weighted by atomic mass is 32.2. The van der Waals surface area contributed by atoms with Crippen LogP contribution < -0.4 is 5.63 Å². The van der Waals surface area contributed by atoms with Crippen LogP contribution in [0.25, 0.3) is 11.0 Å². The van der Waals surface area contributed by atoms with Gasteiger partial charge in [-0.15, -0.1) is 0 Å². The van der Waals surface area contributed by atoms with Crippen LogP contribution in [-0.2, 0) is 27.6 Å². The molecule has 0 N–H and O–H groups in total. The molecule has 0 saturated carbocycles. The normalized spacial score (nSPS) is 11.5. The summed E-state index contributed by atoms with van der Waals surface area (Å²) in [6, 6.07) is 12.6. The standard InChI is InChI=1S/C20H18O6S/c1-3-13-8-9-15-14(11-19(21)26-17(15)10-13)12-25-20(22)16-6-4-5-7-18(16)27(2,23)24/h4-11H,3,12H2,1-2H3. The quantitative estimate of drug-likeness (QED) is 0.494. The summed E-state index contributed by atoms with van der Waals surface area (Å²) >= 11 is 0. The molecule has 7 heteroatoms. The van der Waals surface area contributed by atoms with Crippen molar-refractivity contribution in [3.05, 3.63) is 75.6 Å². The molecular formula is C20H18O6S. The van der Waals surface area contributed by atoms with E-state index in [9.17, 15) is 18.0 Å². The van der Waals surface area contributed by atoms with Crippen LogP contribution in [0.15, 0.2) is 62.6 Å². The Labute approximate surface area is 156 Å². The van der Waals surface area contributed by atoms with Crippen molar-refractivity contribution in [2.45, 2.75) is 24.8 Å². The summed E-state index contributed by atoms with van der Waals surface area (Å²) in [4.78, 5) is 24.1. The molecule has 3 rings (SSSR count). The number of carbonyl (C=O) groups is 1. The van der Waals surface area contributed by atoms with E-state index < -0.39 is 21.4 Å². The minimum Gasteiger partial charge on any atom is -0.457 e. The van der Waals surface area contributed by atoms with Crippen LogP contribution in [0.5, 0.6) is 0 Å². The summed E-state index contributed by atoms with van der Waals surface area (Å²) < 4.78 is 34.2. The van der Waals surface area contributed by atoms with Crippen molar-refractivity contribution in [1.82, 2.24) is 0 Å². The summed E-state index contributed by atoms with van der Waals surface area (Å²) in [7, 11) is -3.58. The molecule has 2 aromatic carbocycles. The average molecular weight is 386 g/mol. The van der Waals surface area contributed by atoms with Gasteiger partial charge in [-0.2, -0.15) is 0 Å². The van der Waals surface area contributed by atoms with Crippen LogP contribution in [-0.4, -0.2) is 20.6 Å². The van der Waals surface area contributed by atoms with E-state index in [1.165, 1.54) is 24.3 Å². The molecule has 0 spiro atoms. The zero-order chi connectivity index (χ0) is 19.6. The second-order valence-electron chi connectivity index (χ2n) is 6.12. The number of hydrogen-bond donors (Lipinski definition) is 0. The van der Waals surface area contributed by atoms with E-state index in [1.54, 1.807) is 12.1 Å². The predicted molar refractivity (Wildman–Crippen MR) is 101 cm³/mol. The molecule has 0 atom stereocenters. The van der Waals surface area contributed by atoms with Crippen molar-refractivity contribution in [2.75, 3.05) is 6.26 Å². The van der Waals surface area contributed by atoms with E-state index in [0.717, 1.165) is 18.2 Å². The second-order valence-corrected chi connectivity index (χ2v) is 8.10. The molecule has 1 heterocycles. The first-order valence-electron chi connectivity index (χ1n) is 8.31. The van der Waals surface area contributed by atoms with E-state index in [1.807, 2.05) is 19.1 Å². The monoisotopic (exact) mass is 386 g/mol. The number of benzene rings is 2. The zero-order valence-corrected chi connectivity index (χ0v) is 15.7. The first-order valence-corrected chi connectivity index (χ1v) is 10.2. The smallest absolute Gasteiger partial charge is 0.339 e. The number of hydrogen-bond acceptors (Lipinski definition) is 6. The summed E-state index contributed by atoms with van der Waals surface area (Å²) in [6.45, 7) is 1.81. The molecule has 0 aliphatic rings. The fraction of sp³-hybridized carbons (Fsp3) is 0.200. The third-order valence-electron chi connectivity index (χ3n) is 4.17. The van der Waals surface area contributed by atoms with Crippen LogP contribution in [0.2, 0.25) is 0 Å². The minimum absolute atomic E-state index is 0.0412. The van der Waals surface area contributed by atoms with Gasteiger partial charge in [0.15, 0.2) is 9.84 Å². The van der Waals surface area contributed by atoms with Crippen LogP contribution in [0.4, 0.5) is 0 Å². The number of esters is 1. The second kappa shape index (κ2) is 7.36. The summed E-state index contributed by atoms with van der Waals surface area (Å²) in [5, 5.41) is 0.663. The molecule has 0 aliphatic carbocycles. The Balaban J connectivity index is 1.92. The maximum atomic E-state index is 12.4. The number of rotatable bonds is 5. The lowest BCUT2D eigenvalue weighted by Gasteiger charge is -2.10. The highest BCUT2D eigenvalue weighted by molar-refractivity contribution is 7.90. The molecule has 0 aliphatic heterocycles. The van der Waals surface area contributed by atoms with Gasteiger partial charge in [0.05, 0.1) is 10.5 Å². The van der Waals surface area contributed by atoms with E-state index >= 15 is 0 Å². The molecule has 0 amide bonds. The van der Waals surface area contributed by atoms with Crippen molar-refractivity contribution >= 4 is 26.8 Å². The van der Waals surface area contributed by atoms with Gasteiger partial charge in [-0.1, -0.05) is 31.2 Å². The van der Waals surface area contributed by atoms with Crippen molar-refractivity contribution in [3.8, 4) is 0 Å². The Kier molecular flexibility index (Phi) is 5.14. The molecule has 140 valence electrons. The first kappa shape index (κ1) is 18.8. The Morgan fingerprint density at radius 3 is 2.56 bits per heavy atom. The Morgan fingerprint density at radius 2 is 1.85 bits per heavy atom. The molecule has 6 nitrogen and oxygen atoms in total. The number of carbonyl (C=O) groups excluding carboxylic acids is 1. The third kappa shape index (κ3) is 4.09. The van der Waals surface area contributed by atoms with Gasteiger partial charge in [0, 0.05) is 23.3 Å². The fourth-order valence-corrected chi connectivity index (χ4v) is 3.67. The average Bonchev–Trinajstić information content (AvgIpc) is 2.64. The van der Waals surface area contributed by atoms with Crippen LogP contribution in [0.1, 0.15) is 28.4 Å². The van der Waals surface area contributed by atoms with Gasteiger partial charge in [0.2, 0.25) is 0 Å². The Hall–Kier alpha value is -2.93. The summed E-state index contributed by atoms with van der Waals surface area (Å²) in [6.07, 6.45) is 1.82. The number of aryl methyl sites for hydroxylation is 1. The van der Waals surface area contributed by atoms with Crippen molar-refractivity contribution in [3.63, 3.8) is 0 Å². The van der Waals surface area contributed by atoms with Crippen molar-refractivity contribution in [1.29, 1.82) is 0 Å². The Bertz CT molecular complexity index is 1170. The van der Waals surface area contributed by atoms with E-state index in [0.29, 0.717) is 16.5 Å².